The Bertz CT molecular complexity index is 401. The summed E-state index contributed by atoms with van der Waals surface area (Å²) < 4.78 is 0. The van der Waals surface area contributed by atoms with Crippen molar-refractivity contribution in [3.05, 3.63) is 11.6 Å². The molecule has 0 bridgehead atoms. The molecule has 1 amide bonds. The summed E-state index contributed by atoms with van der Waals surface area (Å²) in [6, 6.07) is 0.361. The van der Waals surface area contributed by atoms with Crippen LogP contribution in [0.3, 0.4) is 0 Å². The molecule has 5 heteroatoms. The van der Waals surface area contributed by atoms with Crippen LogP contribution in [0.25, 0.3) is 0 Å². The number of H-pyrrole nitrogens is 1. The van der Waals surface area contributed by atoms with Crippen LogP contribution in [0.5, 0.6) is 0 Å². The lowest BCUT2D eigenvalue weighted by Crippen LogP contribution is -2.43. The molecule has 0 aromatic carbocycles. The Kier molecular flexibility index (Phi) is 4.33. The number of nitrogens with one attached hydrogen (secondary N) is 1. The van der Waals surface area contributed by atoms with Gasteiger partial charge in [-0.15, -0.1) is 5.10 Å². The summed E-state index contributed by atoms with van der Waals surface area (Å²) in [5, 5.41) is 6.90. The molecule has 0 spiro atoms. The molecule has 1 aromatic rings. The summed E-state index contributed by atoms with van der Waals surface area (Å²) in [4.78, 5) is 18.6. The van der Waals surface area contributed by atoms with E-state index >= 15 is 0 Å². The highest BCUT2D eigenvalue weighted by molar-refractivity contribution is 5.90. The Morgan fingerprint density at radius 2 is 2.28 bits per heavy atom. The van der Waals surface area contributed by atoms with E-state index in [1.54, 1.807) is 0 Å². The number of amides is 1. The second kappa shape index (κ2) is 5.98. The van der Waals surface area contributed by atoms with E-state index in [-0.39, 0.29) is 5.91 Å². The van der Waals surface area contributed by atoms with Gasteiger partial charge in [-0.3, -0.25) is 9.89 Å². The van der Waals surface area contributed by atoms with Crippen molar-refractivity contribution in [3.63, 3.8) is 0 Å². The van der Waals surface area contributed by atoms with Gasteiger partial charge in [-0.05, 0) is 32.1 Å². The fourth-order valence-electron chi connectivity index (χ4n) is 2.56. The average molecular weight is 250 g/mol. The van der Waals surface area contributed by atoms with Crippen LogP contribution in [-0.2, 0) is 6.42 Å². The Labute approximate surface area is 108 Å². The van der Waals surface area contributed by atoms with Crippen molar-refractivity contribution < 1.29 is 4.79 Å². The molecule has 1 saturated heterocycles. The molecule has 0 radical (unpaired) electrons. The van der Waals surface area contributed by atoms with E-state index in [0.29, 0.717) is 11.9 Å². The minimum absolute atomic E-state index is 0.0137. The summed E-state index contributed by atoms with van der Waals surface area (Å²) in [6.45, 7) is 5.06. The van der Waals surface area contributed by atoms with Gasteiger partial charge in [-0.2, -0.15) is 0 Å². The SMILES string of the molecule is CCCc1nc(C(=O)N2CCCCC2CC)n[nH]1. The van der Waals surface area contributed by atoms with Gasteiger partial charge in [0.2, 0.25) is 5.82 Å². The Balaban J connectivity index is 2.08. The number of carbonyl (C=O) groups is 1. The molecule has 2 heterocycles. The number of likely N-dealkylation sites (tertiary alicyclic amines) is 1. The van der Waals surface area contributed by atoms with E-state index in [0.717, 1.165) is 44.5 Å². The molecule has 100 valence electrons. The predicted molar refractivity (Wildman–Crippen MR) is 69.3 cm³/mol. The Morgan fingerprint density at radius 1 is 1.44 bits per heavy atom. The first kappa shape index (κ1) is 13.1. The molecule has 1 aliphatic heterocycles. The van der Waals surface area contributed by atoms with Gasteiger partial charge in [0.05, 0.1) is 0 Å². The zero-order chi connectivity index (χ0) is 13.0. The lowest BCUT2D eigenvalue weighted by atomic mass is 10.00. The molecule has 1 N–H and O–H groups in total. The molecule has 1 aliphatic rings. The molecule has 0 aliphatic carbocycles. The van der Waals surface area contributed by atoms with Crippen molar-refractivity contribution in [1.29, 1.82) is 0 Å². The van der Waals surface area contributed by atoms with E-state index in [1.807, 2.05) is 4.90 Å². The molecule has 1 atom stereocenters. The van der Waals surface area contributed by atoms with Crippen LogP contribution in [0.15, 0.2) is 0 Å². The first-order chi connectivity index (χ1) is 8.76. The highest BCUT2D eigenvalue weighted by Gasteiger charge is 2.28. The maximum absolute atomic E-state index is 12.4. The second-order valence-electron chi connectivity index (χ2n) is 4.91. The fourth-order valence-corrected chi connectivity index (χ4v) is 2.56. The topological polar surface area (TPSA) is 61.9 Å². The lowest BCUT2D eigenvalue weighted by molar-refractivity contribution is 0.0595. The number of hydrogen-bond donors (Lipinski definition) is 1. The van der Waals surface area contributed by atoms with Gasteiger partial charge in [-0.25, -0.2) is 4.98 Å². The van der Waals surface area contributed by atoms with Gasteiger partial charge in [-0.1, -0.05) is 13.8 Å². The van der Waals surface area contributed by atoms with Crippen LogP contribution >= 0.6 is 0 Å². The summed E-state index contributed by atoms with van der Waals surface area (Å²) in [6.07, 6.45) is 6.28. The summed E-state index contributed by atoms with van der Waals surface area (Å²) >= 11 is 0. The Morgan fingerprint density at radius 3 is 3.00 bits per heavy atom. The summed E-state index contributed by atoms with van der Waals surface area (Å²) in [5.41, 5.74) is 0. The van der Waals surface area contributed by atoms with E-state index in [1.165, 1.54) is 6.42 Å². The molecule has 2 rings (SSSR count). The third-order valence-corrected chi connectivity index (χ3v) is 3.57. The van der Waals surface area contributed by atoms with Crippen LogP contribution in [0.4, 0.5) is 0 Å². The third-order valence-electron chi connectivity index (χ3n) is 3.57. The number of aromatic amines is 1. The number of carbonyl (C=O) groups excluding carboxylic acids is 1. The monoisotopic (exact) mass is 250 g/mol. The third kappa shape index (κ3) is 2.71. The highest BCUT2D eigenvalue weighted by atomic mass is 16.2. The minimum Gasteiger partial charge on any atom is -0.333 e. The molecule has 0 saturated carbocycles. The minimum atomic E-state index is -0.0137. The van der Waals surface area contributed by atoms with Gasteiger partial charge in [0.25, 0.3) is 5.91 Å². The van der Waals surface area contributed by atoms with Crippen molar-refractivity contribution in [2.24, 2.45) is 0 Å². The van der Waals surface area contributed by atoms with E-state index < -0.39 is 0 Å². The van der Waals surface area contributed by atoms with E-state index in [4.69, 9.17) is 0 Å². The number of rotatable bonds is 4. The molecule has 5 nitrogen and oxygen atoms in total. The van der Waals surface area contributed by atoms with Crippen LogP contribution in [0.2, 0.25) is 0 Å². The largest absolute Gasteiger partial charge is 0.333 e. The fraction of sp³-hybridized carbons (Fsp3) is 0.769. The summed E-state index contributed by atoms with van der Waals surface area (Å²) in [7, 11) is 0. The van der Waals surface area contributed by atoms with E-state index in [2.05, 4.69) is 29.0 Å². The normalized spacial score (nSPS) is 20.1. The number of aromatic nitrogens is 3. The zero-order valence-electron chi connectivity index (χ0n) is 11.3. The first-order valence-corrected chi connectivity index (χ1v) is 6.98. The van der Waals surface area contributed by atoms with Crippen molar-refractivity contribution in [2.45, 2.75) is 58.4 Å². The zero-order valence-corrected chi connectivity index (χ0v) is 11.3. The number of aryl methyl sites for hydroxylation is 1. The molecule has 18 heavy (non-hydrogen) atoms. The van der Waals surface area contributed by atoms with Gasteiger partial charge in [0.1, 0.15) is 5.82 Å². The maximum Gasteiger partial charge on any atom is 0.293 e. The van der Waals surface area contributed by atoms with Gasteiger partial charge >= 0.3 is 0 Å². The molecule has 1 aromatic heterocycles. The molecular formula is C13H22N4O. The van der Waals surface area contributed by atoms with Crippen LogP contribution in [-0.4, -0.2) is 38.6 Å². The second-order valence-corrected chi connectivity index (χ2v) is 4.91. The van der Waals surface area contributed by atoms with Crippen molar-refractivity contribution in [2.75, 3.05) is 6.54 Å². The van der Waals surface area contributed by atoms with Gasteiger partial charge in [0.15, 0.2) is 0 Å². The van der Waals surface area contributed by atoms with Gasteiger partial charge in [0, 0.05) is 19.0 Å². The van der Waals surface area contributed by atoms with Crippen LogP contribution in [0, 0.1) is 0 Å². The van der Waals surface area contributed by atoms with Gasteiger partial charge < -0.3 is 4.90 Å². The predicted octanol–water partition coefficient (Wildman–Crippen LogP) is 2.16. The molecule has 1 fully saturated rings. The van der Waals surface area contributed by atoms with Crippen molar-refractivity contribution in [1.82, 2.24) is 20.1 Å². The number of hydrogen-bond acceptors (Lipinski definition) is 3. The maximum atomic E-state index is 12.4. The van der Waals surface area contributed by atoms with Crippen LogP contribution in [0.1, 0.15) is 62.4 Å². The smallest absolute Gasteiger partial charge is 0.293 e. The van der Waals surface area contributed by atoms with E-state index in [9.17, 15) is 4.79 Å². The number of piperidine rings is 1. The molecule has 1 unspecified atom stereocenters. The quantitative estimate of drug-likeness (QED) is 0.890. The number of nitrogens with zero attached hydrogens (tertiary/aromatic N) is 3. The van der Waals surface area contributed by atoms with Crippen LogP contribution < -0.4 is 0 Å². The average Bonchev–Trinajstić information content (AvgIpc) is 2.87. The first-order valence-electron chi connectivity index (χ1n) is 6.98. The standard InChI is InChI=1S/C13H22N4O/c1-3-7-11-14-12(16-15-11)13(18)17-9-6-5-8-10(17)4-2/h10H,3-9H2,1-2H3,(H,14,15,16). The highest BCUT2D eigenvalue weighted by Crippen LogP contribution is 2.20. The van der Waals surface area contributed by atoms with Crippen molar-refractivity contribution in [3.8, 4) is 0 Å². The molecular weight excluding hydrogens is 228 g/mol. The van der Waals surface area contributed by atoms with Crippen molar-refractivity contribution >= 4 is 5.91 Å². The summed E-state index contributed by atoms with van der Waals surface area (Å²) in [5.74, 6) is 1.13. The lowest BCUT2D eigenvalue weighted by Gasteiger charge is -2.34. The Hall–Kier alpha value is -1.39.